The molecule has 1 aromatic carbocycles. The molecule has 0 aromatic heterocycles. The van der Waals surface area contributed by atoms with Gasteiger partial charge in [0.15, 0.2) is 5.82 Å². The number of hydrogen-bond donors (Lipinski definition) is 1. The van der Waals surface area contributed by atoms with Crippen molar-refractivity contribution in [2.24, 2.45) is 15.2 Å². The summed E-state index contributed by atoms with van der Waals surface area (Å²) in [6.07, 6.45) is 3.43. The zero-order chi connectivity index (χ0) is 11.8. The number of rotatable bonds is 1. The Labute approximate surface area is 95.9 Å². The number of aromatic carboxylic acids is 1. The summed E-state index contributed by atoms with van der Waals surface area (Å²) in [6, 6.07) is 4.77. The maximum atomic E-state index is 10.9. The summed E-state index contributed by atoms with van der Waals surface area (Å²) in [7, 11) is 0. The summed E-state index contributed by atoms with van der Waals surface area (Å²) in [5.41, 5.74) is 0.218. The molecule has 0 bridgehead atoms. The van der Waals surface area contributed by atoms with Crippen LogP contribution in [-0.4, -0.2) is 22.6 Å². The molecule has 0 unspecified atom stereocenters. The van der Waals surface area contributed by atoms with Gasteiger partial charge in [0.2, 0.25) is 0 Å². The zero-order valence-electron chi connectivity index (χ0n) is 8.74. The lowest BCUT2D eigenvalue weighted by atomic mass is 10.2. The largest absolute Gasteiger partial charge is 0.478 e. The molecule has 6 nitrogen and oxygen atoms in total. The van der Waals surface area contributed by atoms with Crippen LogP contribution in [0.4, 0.5) is 0 Å². The van der Waals surface area contributed by atoms with Gasteiger partial charge in [0.1, 0.15) is 6.67 Å². The third kappa shape index (κ3) is 1.50. The molecular formula is C11H8N4O2. The van der Waals surface area contributed by atoms with Crippen LogP contribution in [0.2, 0.25) is 0 Å². The van der Waals surface area contributed by atoms with E-state index in [0.717, 1.165) is 0 Å². The van der Waals surface area contributed by atoms with Crippen molar-refractivity contribution in [3.63, 3.8) is 0 Å². The van der Waals surface area contributed by atoms with E-state index in [1.807, 2.05) is 4.90 Å². The Hall–Kier alpha value is -2.50. The van der Waals surface area contributed by atoms with Crippen molar-refractivity contribution in [2.45, 2.75) is 0 Å². The molecule has 0 saturated carbocycles. The van der Waals surface area contributed by atoms with E-state index in [1.54, 1.807) is 24.5 Å². The number of benzene rings is 1. The number of nitrogens with zero attached hydrogens (tertiary/aromatic N) is 4. The van der Waals surface area contributed by atoms with Crippen LogP contribution in [0.15, 0.2) is 45.8 Å². The fourth-order valence-electron chi connectivity index (χ4n) is 1.77. The minimum atomic E-state index is -0.966. The fraction of sp³-hybridized carbons (Fsp3) is 0.0909. The monoisotopic (exact) mass is 228 g/mol. The highest BCUT2D eigenvalue weighted by Crippen LogP contribution is 2.14. The van der Waals surface area contributed by atoms with E-state index in [2.05, 4.69) is 15.2 Å². The van der Waals surface area contributed by atoms with Gasteiger partial charge < -0.3 is 10.0 Å². The van der Waals surface area contributed by atoms with E-state index in [0.29, 0.717) is 23.1 Å². The number of carboxylic acid groups (broad SMARTS) is 1. The van der Waals surface area contributed by atoms with Crippen LogP contribution in [0.3, 0.4) is 0 Å². The molecule has 1 aromatic rings. The molecule has 2 heterocycles. The highest BCUT2D eigenvalue weighted by Gasteiger charge is 2.15. The van der Waals surface area contributed by atoms with E-state index in [-0.39, 0.29) is 5.56 Å². The number of azo groups is 1. The third-order valence-corrected chi connectivity index (χ3v) is 2.60. The Morgan fingerprint density at radius 3 is 3.12 bits per heavy atom. The summed E-state index contributed by atoms with van der Waals surface area (Å²) < 4.78 is 0. The Balaban J connectivity index is 2.38. The predicted octanol–water partition coefficient (Wildman–Crippen LogP) is 0.280. The second-order valence-electron chi connectivity index (χ2n) is 3.64. The minimum Gasteiger partial charge on any atom is -0.478 e. The first-order valence-corrected chi connectivity index (χ1v) is 5.02. The SMILES string of the molecule is O=C(O)c1ccc2c(c1)=C1N=NCN1C=CN=2. The molecule has 0 fully saturated rings. The first-order valence-electron chi connectivity index (χ1n) is 5.02. The van der Waals surface area contributed by atoms with Crippen molar-refractivity contribution in [1.29, 1.82) is 0 Å². The van der Waals surface area contributed by atoms with Crippen LogP contribution in [0, 0.1) is 0 Å². The normalized spacial score (nSPS) is 16.2. The fourth-order valence-corrected chi connectivity index (χ4v) is 1.77. The summed E-state index contributed by atoms with van der Waals surface area (Å²) in [5, 5.41) is 18.3. The molecule has 0 aliphatic carbocycles. The molecule has 6 heteroatoms. The molecule has 1 N–H and O–H groups in total. The van der Waals surface area contributed by atoms with Gasteiger partial charge in [0.05, 0.1) is 10.9 Å². The molecule has 2 aliphatic heterocycles. The van der Waals surface area contributed by atoms with Crippen LogP contribution < -0.4 is 10.6 Å². The molecule has 3 rings (SSSR count). The Morgan fingerprint density at radius 1 is 1.41 bits per heavy atom. The van der Waals surface area contributed by atoms with Crippen molar-refractivity contribution in [1.82, 2.24) is 4.90 Å². The zero-order valence-corrected chi connectivity index (χ0v) is 8.74. The van der Waals surface area contributed by atoms with Crippen molar-refractivity contribution >= 4 is 11.8 Å². The smallest absolute Gasteiger partial charge is 0.335 e. The van der Waals surface area contributed by atoms with E-state index in [4.69, 9.17) is 5.11 Å². The van der Waals surface area contributed by atoms with Crippen LogP contribution in [0.25, 0.3) is 5.82 Å². The first kappa shape index (κ1) is 9.71. The summed E-state index contributed by atoms with van der Waals surface area (Å²) >= 11 is 0. The van der Waals surface area contributed by atoms with Gasteiger partial charge in [-0.2, -0.15) is 5.11 Å². The van der Waals surface area contributed by atoms with E-state index < -0.39 is 5.97 Å². The highest BCUT2D eigenvalue weighted by atomic mass is 16.4. The van der Waals surface area contributed by atoms with E-state index in [9.17, 15) is 4.79 Å². The Morgan fingerprint density at radius 2 is 2.29 bits per heavy atom. The van der Waals surface area contributed by atoms with E-state index in [1.165, 1.54) is 6.07 Å². The molecule has 17 heavy (non-hydrogen) atoms. The number of hydrogen-bond acceptors (Lipinski definition) is 5. The molecular weight excluding hydrogens is 220 g/mol. The third-order valence-electron chi connectivity index (χ3n) is 2.60. The van der Waals surface area contributed by atoms with Crippen LogP contribution >= 0.6 is 0 Å². The highest BCUT2D eigenvalue weighted by molar-refractivity contribution is 5.87. The van der Waals surface area contributed by atoms with Gasteiger partial charge in [0, 0.05) is 17.6 Å². The van der Waals surface area contributed by atoms with E-state index >= 15 is 0 Å². The maximum absolute atomic E-state index is 10.9. The van der Waals surface area contributed by atoms with Gasteiger partial charge in [-0.15, -0.1) is 5.11 Å². The van der Waals surface area contributed by atoms with Crippen molar-refractivity contribution in [2.75, 3.05) is 6.67 Å². The quantitative estimate of drug-likeness (QED) is 0.749. The van der Waals surface area contributed by atoms with Crippen molar-refractivity contribution in [3.8, 4) is 0 Å². The van der Waals surface area contributed by atoms with Crippen molar-refractivity contribution in [3.05, 3.63) is 46.7 Å². The standard InChI is InChI=1S/C11H8N4O2/c16-11(17)7-1-2-9-8(5-7)10-14-13-6-15(10)4-3-12-9/h1-5H,6H2,(H,16,17). The van der Waals surface area contributed by atoms with Gasteiger partial charge in [-0.1, -0.05) is 0 Å². The number of carboxylic acids is 1. The number of fused-ring (bicyclic) bond motifs is 2. The second kappa shape index (κ2) is 3.51. The topological polar surface area (TPSA) is 77.6 Å². The van der Waals surface area contributed by atoms with Gasteiger partial charge in [0.25, 0.3) is 0 Å². The second-order valence-corrected chi connectivity index (χ2v) is 3.64. The van der Waals surface area contributed by atoms with Crippen LogP contribution in [-0.2, 0) is 0 Å². The lowest BCUT2D eigenvalue weighted by molar-refractivity contribution is 0.0697. The lowest BCUT2D eigenvalue weighted by Gasteiger charge is -2.08. The summed E-state index contributed by atoms with van der Waals surface area (Å²) in [6.45, 7) is 0.443. The first-order chi connectivity index (χ1) is 8.25. The maximum Gasteiger partial charge on any atom is 0.335 e. The molecule has 0 saturated heterocycles. The van der Waals surface area contributed by atoms with Gasteiger partial charge in [-0.25, -0.2) is 4.79 Å². The summed E-state index contributed by atoms with van der Waals surface area (Å²) in [5.74, 6) is -0.326. The van der Waals surface area contributed by atoms with Crippen molar-refractivity contribution < 1.29 is 9.90 Å². The average molecular weight is 228 g/mol. The Kier molecular flexibility index (Phi) is 2.01. The van der Waals surface area contributed by atoms with Crippen LogP contribution in [0.1, 0.15) is 10.4 Å². The molecule has 2 aliphatic rings. The van der Waals surface area contributed by atoms with Gasteiger partial charge in [-0.05, 0) is 18.2 Å². The molecule has 0 radical (unpaired) electrons. The average Bonchev–Trinajstić information content (AvgIpc) is 2.71. The predicted molar refractivity (Wildman–Crippen MR) is 58.3 cm³/mol. The lowest BCUT2D eigenvalue weighted by Crippen LogP contribution is -2.30. The number of carbonyl (C=O) groups is 1. The van der Waals surface area contributed by atoms with Gasteiger partial charge >= 0.3 is 5.97 Å². The molecule has 84 valence electrons. The minimum absolute atomic E-state index is 0.218. The Bertz CT molecular complexity index is 675. The molecule has 0 atom stereocenters. The van der Waals surface area contributed by atoms with Gasteiger partial charge in [-0.3, -0.25) is 4.99 Å². The summed E-state index contributed by atoms with van der Waals surface area (Å²) in [4.78, 5) is 17.0. The molecule has 0 spiro atoms. The van der Waals surface area contributed by atoms with Crippen LogP contribution in [0.5, 0.6) is 0 Å². The molecule has 0 amide bonds.